The number of nitrogens with two attached hydrogens (primary N) is 2. The monoisotopic (exact) mass is 321 g/mol. The van der Waals surface area contributed by atoms with Crippen molar-refractivity contribution < 1.29 is 19.1 Å². The highest BCUT2D eigenvalue weighted by Gasteiger charge is 2.34. The fourth-order valence-corrected chi connectivity index (χ4v) is 1.75. The van der Waals surface area contributed by atoms with Gasteiger partial charge in [0.15, 0.2) is 0 Å². The third-order valence-electron chi connectivity index (χ3n) is 3.09. The first kappa shape index (κ1) is 21.2. The van der Waals surface area contributed by atoms with Gasteiger partial charge in [-0.05, 0) is 25.9 Å². The van der Waals surface area contributed by atoms with Gasteiger partial charge >= 0.3 is 0 Å². The Morgan fingerprint density at radius 3 is 2.23 bits per heavy atom. The molecular weight excluding hydrogens is 290 g/mol. The van der Waals surface area contributed by atoms with Crippen LogP contribution in [-0.2, 0) is 14.2 Å². The lowest BCUT2D eigenvalue weighted by molar-refractivity contribution is -0.563. The predicted molar refractivity (Wildman–Crippen MR) is 84.4 cm³/mol. The molecule has 0 radical (unpaired) electrons. The van der Waals surface area contributed by atoms with E-state index >= 15 is 0 Å². The van der Waals surface area contributed by atoms with Crippen molar-refractivity contribution in [1.82, 2.24) is 0 Å². The summed E-state index contributed by atoms with van der Waals surface area (Å²) >= 11 is 0. The molecular formula is C14H31N3O5. The van der Waals surface area contributed by atoms with Crippen LogP contribution in [0, 0.1) is 10.1 Å². The van der Waals surface area contributed by atoms with Crippen LogP contribution in [0.2, 0.25) is 0 Å². The smallest absolute Gasteiger partial charge is 0.219 e. The number of rotatable bonds is 15. The summed E-state index contributed by atoms with van der Waals surface area (Å²) in [6.07, 6.45) is 1.51. The maximum absolute atomic E-state index is 11.0. The van der Waals surface area contributed by atoms with Gasteiger partial charge in [-0.15, -0.1) is 0 Å². The van der Waals surface area contributed by atoms with Gasteiger partial charge in [0, 0.05) is 38.4 Å². The average molecular weight is 321 g/mol. The van der Waals surface area contributed by atoms with E-state index in [0.29, 0.717) is 52.5 Å². The van der Waals surface area contributed by atoms with Gasteiger partial charge < -0.3 is 25.7 Å². The molecule has 1 atom stereocenters. The lowest BCUT2D eigenvalue weighted by Crippen LogP contribution is -2.38. The molecule has 0 aromatic heterocycles. The molecule has 0 aliphatic heterocycles. The van der Waals surface area contributed by atoms with Crippen molar-refractivity contribution in [3.63, 3.8) is 0 Å². The second kappa shape index (κ2) is 12.7. The molecule has 0 saturated carbocycles. The van der Waals surface area contributed by atoms with E-state index < -0.39 is 5.54 Å². The molecule has 0 aromatic rings. The summed E-state index contributed by atoms with van der Waals surface area (Å²) < 4.78 is 16.5. The zero-order valence-corrected chi connectivity index (χ0v) is 13.8. The minimum Gasteiger partial charge on any atom is -0.379 e. The topological polar surface area (TPSA) is 123 Å². The molecule has 0 saturated heterocycles. The Morgan fingerprint density at radius 1 is 1.05 bits per heavy atom. The number of nitro groups is 1. The molecule has 0 rings (SSSR count). The summed E-state index contributed by atoms with van der Waals surface area (Å²) in [5.41, 5.74) is 9.74. The molecule has 0 bridgehead atoms. The Bertz CT molecular complexity index is 290. The highest BCUT2D eigenvalue weighted by atomic mass is 16.6. The van der Waals surface area contributed by atoms with E-state index in [0.717, 1.165) is 12.8 Å². The Kier molecular flexibility index (Phi) is 12.3. The fraction of sp³-hybridized carbons (Fsp3) is 1.00. The van der Waals surface area contributed by atoms with Crippen molar-refractivity contribution in [3.05, 3.63) is 10.1 Å². The summed E-state index contributed by atoms with van der Waals surface area (Å²) in [5, 5.41) is 11.0. The summed E-state index contributed by atoms with van der Waals surface area (Å²) in [6, 6.07) is 0. The Hall–Kier alpha value is -0.800. The van der Waals surface area contributed by atoms with Crippen LogP contribution in [0.5, 0.6) is 0 Å². The molecule has 0 heterocycles. The Morgan fingerprint density at radius 2 is 1.64 bits per heavy atom. The summed E-state index contributed by atoms with van der Waals surface area (Å²) in [4.78, 5) is 10.7. The molecule has 8 nitrogen and oxygen atoms in total. The number of ether oxygens (including phenoxy) is 3. The highest BCUT2D eigenvalue weighted by Crippen LogP contribution is 2.18. The van der Waals surface area contributed by atoms with Gasteiger partial charge in [0.1, 0.15) is 0 Å². The van der Waals surface area contributed by atoms with Crippen LogP contribution in [-0.4, -0.2) is 62.7 Å². The molecule has 1 unspecified atom stereocenters. The highest BCUT2D eigenvalue weighted by molar-refractivity contribution is 4.73. The second-order valence-corrected chi connectivity index (χ2v) is 5.74. The average Bonchev–Trinajstić information content (AvgIpc) is 2.45. The molecule has 0 amide bonds. The standard InChI is InChI=1S/C14H31N3O5/c1-14(2,17(18)19)11-13(22-8-4-6-16)12-21-10-9-20-7-3-5-15/h13H,3-12,15-16H2,1-2H3. The van der Waals surface area contributed by atoms with Gasteiger partial charge in [0.25, 0.3) is 0 Å². The lowest BCUT2D eigenvalue weighted by Gasteiger charge is -2.23. The van der Waals surface area contributed by atoms with Crippen molar-refractivity contribution >= 4 is 0 Å². The Labute approximate surface area is 132 Å². The largest absolute Gasteiger partial charge is 0.379 e. The molecule has 8 heteroatoms. The van der Waals surface area contributed by atoms with Crippen LogP contribution in [0.25, 0.3) is 0 Å². The fourth-order valence-electron chi connectivity index (χ4n) is 1.75. The molecule has 4 N–H and O–H groups in total. The third kappa shape index (κ3) is 10.9. The van der Waals surface area contributed by atoms with E-state index in [4.69, 9.17) is 25.7 Å². The second-order valence-electron chi connectivity index (χ2n) is 5.74. The summed E-state index contributed by atoms with van der Waals surface area (Å²) in [5.74, 6) is 0. The Balaban J connectivity index is 4.05. The molecule has 132 valence electrons. The zero-order chi connectivity index (χ0) is 16.8. The minimum atomic E-state index is -1.05. The van der Waals surface area contributed by atoms with E-state index in [1.807, 2.05) is 0 Å². The van der Waals surface area contributed by atoms with E-state index in [1.54, 1.807) is 13.8 Å². The predicted octanol–water partition coefficient (Wildman–Crippen LogP) is 0.548. The molecule has 0 spiro atoms. The van der Waals surface area contributed by atoms with Gasteiger partial charge in [-0.3, -0.25) is 10.1 Å². The third-order valence-corrected chi connectivity index (χ3v) is 3.09. The van der Waals surface area contributed by atoms with E-state index in [-0.39, 0.29) is 11.0 Å². The van der Waals surface area contributed by atoms with Crippen LogP contribution in [0.1, 0.15) is 33.1 Å². The van der Waals surface area contributed by atoms with Gasteiger partial charge in [-0.25, -0.2) is 0 Å². The van der Waals surface area contributed by atoms with Gasteiger partial charge in [0.2, 0.25) is 5.54 Å². The minimum absolute atomic E-state index is 0.289. The van der Waals surface area contributed by atoms with Crippen LogP contribution in [0.15, 0.2) is 0 Å². The molecule has 0 aromatic carbocycles. The first-order valence-electron chi connectivity index (χ1n) is 7.75. The van der Waals surface area contributed by atoms with Crippen LogP contribution >= 0.6 is 0 Å². The van der Waals surface area contributed by atoms with Crippen LogP contribution in [0.3, 0.4) is 0 Å². The van der Waals surface area contributed by atoms with Crippen molar-refractivity contribution in [2.75, 3.05) is 46.1 Å². The summed E-state index contributed by atoms with van der Waals surface area (Å²) in [6.45, 7) is 6.62. The van der Waals surface area contributed by atoms with Gasteiger partial charge in [0.05, 0.1) is 25.9 Å². The van der Waals surface area contributed by atoms with E-state index in [2.05, 4.69) is 0 Å². The van der Waals surface area contributed by atoms with E-state index in [9.17, 15) is 10.1 Å². The van der Waals surface area contributed by atoms with Gasteiger partial charge in [-0.1, -0.05) is 0 Å². The number of nitrogens with zero attached hydrogens (tertiary/aromatic N) is 1. The van der Waals surface area contributed by atoms with Crippen molar-refractivity contribution in [2.45, 2.75) is 44.8 Å². The van der Waals surface area contributed by atoms with Gasteiger partial charge in [-0.2, -0.15) is 0 Å². The first-order valence-corrected chi connectivity index (χ1v) is 7.75. The molecule has 22 heavy (non-hydrogen) atoms. The SMILES string of the molecule is CC(C)(CC(COCCOCCCN)OCCCN)[N+](=O)[O-]. The molecule has 0 fully saturated rings. The number of hydrogen-bond acceptors (Lipinski definition) is 7. The molecule has 0 aliphatic carbocycles. The van der Waals surface area contributed by atoms with Crippen LogP contribution in [0.4, 0.5) is 0 Å². The normalized spacial score (nSPS) is 13.3. The van der Waals surface area contributed by atoms with Crippen LogP contribution < -0.4 is 11.5 Å². The zero-order valence-electron chi connectivity index (χ0n) is 13.8. The quantitative estimate of drug-likeness (QED) is 0.256. The van der Waals surface area contributed by atoms with Crippen molar-refractivity contribution in [1.29, 1.82) is 0 Å². The number of hydrogen-bond donors (Lipinski definition) is 2. The van der Waals surface area contributed by atoms with Crippen molar-refractivity contribution in [3.8, 4) is 0 Å². The van der Waals surface area contributed by atoms with E-state index in [1.165, 1.54) is 0 Å². The lowest BCUT2D eigenvalue weighted by atomic mass is 9.98. The first-order chi connectivity index (χ1) is 10.4. The van der Waals surface area contributed by atoms with Crippen molar-refractivity contribution in [2.24, 2.45) is 11.5 Å². The summed E-state index contributed by atoms with van der Waals surface area (Å²) in [7, 11) is 0. The maximum Gasteiger partial charge on any atom is 0.219 e. The maximum atomic E-state index is 11.0. The molecule has 0 aliphatic rings.